The fourth-order valence-electron chi connectivity index (χ4n) is 1.82. The van der Waals surface area contributed by atoms with E-state index in [9.17, 15) is 9.59 Å². The summed E-state index contributed by atoms with van der Waals surface area (Å²) >= 11 is 0. The third kappa shape index (κ3) is 2.50. The quantitative estimate of drug-likeness (QED) is 0.736. The summed E-state index contributed by atoms with van der Waals surface area (Å²) in [5.41, 5.74) is 5.91. The number of nitrogens with zero attached hydrogens (tertiary/aromatic N) is 3. The van der Waals surface area contributed by atoms with E-state index in [1.807, 2.05) is 0 Å². The molecule has 0 aromatic carbocycles. The standard InChI is InChI=1S/C11H14N4O3/c12-9-2-1-8(7-13-9)10(16)14-3-5-15(6-4-14)11(17)18/h1-2,7H,3-6H2,(H2,12,13)(H,17,18). The summed E-state index contributed by atoms with van der Waals surface area (Å²) in [6, 6.07) is 3.19. The molecule has 0 radical (unpaired) electrons. The molecule has 3 N–H and O–H groups in total. The van der Waals surface area contributed by atoms with Crippen LogP contribution in [0.3, 0.4) is 0 Å². The van der Waals surface area contributed by atoms with Crippen molar-refractivity contribution in [3.63, 3.8) is 0 Å². The van der Waals surface area contributed by atoms with Crippen LogP contribution in [0.5, 0.6) is 0 Å². The molecule has 1 saturated heterocycles. The van der Waals surface area contributed by atoms with Crippen LogP contribution in [0.2, 0.25) is 0 Å². The second-order valence-electron chi connectivity index (χ2n) is 4.03. The maximum absolute atomic E-state index is 12.1. The predicted molar refractivity (Wildman–Crippen MR) is 64.2 cm³/mol. The van der Waals surface area contributed by atoms with Gasteiger partial charge in [0.25, 0.3) is 5.91 Å². The highest BCUT2D eigenvalue weighted by molar-refractivity contribution is 5.94. The Morgan fingerprint density at radius 3 is 2.28 bits per heavy atom. The fraction of sp³-hybridized carbons (Fsp3) is 0.364. The van der Waals surface area contributed by atoms with Crippen molar-refractivity contribution in [2.24, 2.45) is 0 Å². The summed E-state index contributed by atoms with van der Waals surface area (Å²) in [7, 11) is 0. The number of hydrogen-bond acceptors (Lipinski definition) is 4. The van der Waals surface area contributed by atoms with Crippen molar-refractivity contribution >= 4 is 17.8 Å². The van der Waals surface area contributed by atoms with Crippen LogP contribution in [-0.2, 0) is 0 Å². The number of amides is 2. The first kappa shape index (κ1) is 12.2. The van der Waals surface area contributed by atoms with Crippen LogP contribution in [0.15, 0.2) is 18.3 Å². The van der Waals surface area contributed by atoms with Crippen LogP contribution < -0.4 is 5.73 Å². The van der Waals surface area contributed by atoms with E-state index in [1.165, 1.54) is 11.1 Å². The smallest absolute Gasteiger partial charge is 0.407 e. The Morgan fingerprint density at radius 2 is 1.78 bits per heavy atom. The van der Waals surface area contributed by atoms with Crippen LogP contribution in [0, 0.1) is 0 Å². The molecule has 1 aromatic heterocycles. The predicted octanol–water partition coefficient (Wildman–Crippen LogP) is 0.0996. The molecule has 96 valence electrons. The molecule has 1 fully saturated rings. The molecule has 0 unspecified atom stereocenters. The summed E-state index contributed by atoms with van der Waals surface area (Å²) in [6.07, 6.45) is 0.484. The first-order valence-electron chi connectivity index (χ1n) is 5.56. The molecule has 7 nitrogen and oxygen atoms in total. The summed E-state index contributed by atoms with van der Waals surface area (Å²) in [6.45, 7) is 1.47. The molecule has 0 bridgehead atoms. The van der Waals surface area contributed by atoms with E-state index in [2.05, 4.69) is 4.98 Å². The lowest BCUT2D eigenvalue weighted by Crippen LogP contribution is -2.50. The van der Waals surface area contributed by atoms with Gasteiger partial charge in [0.1, 0.15) is 5.82 Å². The number of piperazine rings is 1. The lowest BCUT2D eigenvalue weighted by molar-refractivity contribution is 0.0624. The zero-order valence-corrected chi connectivity index (χ0v) is 9.74. The molecule has 1 aromatic rings. The molecule has 1 aliphatic heterocycles. The van der Waals surface area contributed by atoms with Crippen LogP contribution in [0.1, 0.15) is 10.4 Å². The third-order valence-electron chi connectivity index (χ3n) is 2.87. The SMILES string of the molecule is Nc1ccc(C(=O)N2CCN(C(=O)O)CC2)cn1. The number of rotatable bonds is 1. The number of nitrogens with two attached hydrogens (primary N) is 1. The van der Waals surface area contributed by atoms with Gasteiger partial charge in [-0.15, -0.1) is 0 Å². The largest absolute Gasteiger partial charge is 0.465 e. The van der Waals surface area contributed by atoms with Gasteiger partial charge in [-0.3, -0.25) is 4.79 Å². The Bertz CT molecular complexity index is 452. The van der Waals surface area contributed by atoms with E-state index in [1.54, 1.807) is 17.0 Å². The Kier molecular flexibility index (Phi) is 3.31. The number of aromatic nitrogens is 1. The number of hydrogen-bond donors (Lipinski definition) is 2. The van der Waals surface area contributed by atoms with Crippen LogP contribution in [0.25, 0.3) is 0 Å². The molecule has 2 amide bonds. The monoisotopic (exact) mass is 250 g/mol. The maximum atomic E-state index is 12.1. The minimum absolute atomic E-state index is 0.146. The molecule has 7 heteroatoms. The van der Waals surface area contributed by atoms with Crippen molar-refractivity contribution in [3.8, 4) is 0 Å². The highest BCUT2D eigenvalue weighted by Gasteiger charge is 2.24. The van der Waals surface area contributed by atoms with E-state index < -0.39 is 6.09 Å². The minimum atomic E-state index is -0.948. The first-order valence-corrected chi connectivity index (χ1v) is 5.56. The van der Waals surface area contributed by atoms with Crippen molar-refractivity contribution in [1.29, 1.82) is 0 Å². The molecule has 2 heterocycles. The molecular formula is C11H14N4O3. The van der Waals surface area contributed by atoms with E-state index in [4.69, 9.17) is 10.8 Å². The third-order valence-corrected chi connectivity index (χ3v) is 2.87. The number of nitrogen functional groups attached to an aromatic ring is 1. The van der Waals surface area contributed by atoms with Gasteiger partial charge in [-0.1, -0.05) is 0 Å². The number of carbonyl (C=O) groups is 2. The zero-order chi connectivity index (χ0) is 13.1. The Labute approximate surface area is 104 Å². The number of anilines is 1. The van der Waals surface area contributed by atoms with Gasteiger partial charge in [0.2, 0.25) is 0 Å². The van der Waals surface area contributed by atoms with E-state index in [0.29, 0.717) is 37.6 Å². The van der Waals surface area contributed by atoms with E-state index in [-0.39, 0.29) is 5.91 Å². The number of carbonyl (C=O) groups excluding carboxylic acids is 1. The molecule has 1 aliphatic rings. The molecule has 0 saturated carbocycles. The topological polar surface area (TPSA) is 99.8 Å². The summed E-state index contributed by atoms with van der Waals surface area (Å²) in [5.74, 6) is 0.217. The van der Waals surface area contributed by atoms with Gasteiger partial charge >= 0.3 is 6.09 Å². The van der Waals surface area contributed by atoms with Gasteiger partial charge in [0.05, 0.1) is 5.56 Å². The summed E-state index contributed by atoms with van der Waals surface area (Å²) in [4.78, 5) is 29.6. The Morgan fingerprint density at radius 1 is 1.17 bits per heavy atom. The van der Waals surface area contributed by atoms with E-state index in [0.717, 1.165) is 0 Å². The molecule has 18 heavy (non-hydrogen) atoms. The average Bonchev–Trinajstić information content (AvgIpc) is 2.39. The molecule has 2 rings (SSSR count). The first-order chi connectivity index (χ1) is 8.58. The van der Waals surface area contributed by atoms with Crippen molar-refractivity contribution < 1.29 is 14.7 Å². The van der Waals surface area contributed by atoms with Crippen molar-refractivity contribution in [2.75, 3.05) is 31.9 Å². The highest BCUT2D eigenvalue weighted by Crippen LogP contribution is 2.09. The van der Waals surface area contributed by atoms with Gasteiger partial charge in [0, 0.05) is 32.4 Å². The Hall–Kier alpha value is -2.31. The number of carboxylic acid groups (broad SMARTS) is 1. The number of pyridine rings is 1. The lowest BCUT2D eigenvalue weighted by Gasteiger charge is -2.33. The van der Waals surface area contributed by atoms with Gasteiger partial charge in [-0.2, -0.15) is 0 Å². The summed E-state index contributed by atoms with van der Waals surface area (Å²) < 4.78 is 0. The minimum Gasteiger partial charge on any atom is -0.465 e. The second kappa shape index (κ2) is 4.91. The van der Waals surface area contributed by atoms with Crippen molar-refractivity contribution in [2.45, 2.75) is 0 Å². The van der Waals surface area contributed by atoms with Gasteiger partial charge < -0.3 is 20.6 Å². The normalized spacial score (nSPS) is 15.6. The van der Waals surface area contributed by atoms with E-state index >= 15 is 0 Å². The maximum Gasteiger partial charge on any atom is 0.407 e. The summed E-state index contributed by atoms with van der Waals surface area (Å²) in [5, 5.41) is 8.81. The average molecular weight is 250 g/mol. The Balaban J connectivity index is 1.99. The van der Waals surface area contributed by atoms with Crippen LogP contribution >= 0.6 is 0 Å². The molecule has 0 spiro atoms. The molecule has 0 atom stereocenters. The second-order valence-corrected chi connectivity index (χ2v) is 4.03. The van der Waals surface area contributed by atoms with Gasteiger partial charge in [-0.25, -0.2) is 9.78 Å². The van der Waals surface area contributed by atoms with Crippen LogP contribution in [-0.4, -0.2) is 58.1 Å². The van der Waals surface area contributed by atoms with Gasteiger partial charge in [0.15, 0.2) is 0 Å². The van der Waals surface area contributed by atoms with Gasteiger partial charge in [-0.05, 0) is 12.1 Å². The highest BCUT2D eigenvalue weighted by atomic mass is 16.4. The molecular weight excluding hydrogens is 236 g/mol. The molecule has 0 aliphatic carbocycles. The van der Waals surface area contributed by atoms with Crippen molar-refractivity contribution in [1.82, 2.24) is 14.8 Å². The zero-order valence-electron chi connectivity index (χ0n) is 9.74. The van der Waals surface area contributed by atoms with Crippen molar-refractivity contribution in [3.05, 3.63) is 23.9 Å². The fourth-order valence-corrected chi connectivity index (χ4v) is 1.82. The van der Waals surface area contributed by atoms with Crippen LogP contribution in [0.4, 0.5) is 10.6 Å². The lowest BCUT2D eigenvalue weighted by atomic mass is 10.2.